The van der Waals surface area contributed by atoms with Crippen LogP contribution in [0.1, 0.15) is 289 Å². The maximum atomic E-state index is 1.78. The summed E-state index contributed by atoms with van der Waals surface area (Å²) in [6.45, 7) is 0. The average Bonchev–Trinajstić information content (AvgIpc) is 3.33. The van der Waals surface area contributed by atoms with Crippen molar-refractivity contribution in [1.29, 1.82) is 0 Å². The van der Waals surface area contributed by atoms with Gasteiger partial charge in [0.05, 0.1) is 0 Å². The first-order valence-electron chi connectivity index (χ1n) is 28.4. The van der Waals surface area contributed by atoms with Gasteiger partial charge in [-0.2, -0.15) is 0 Å². The molecule has 58 heavy (non-hydrogen) atoms. The standard InChI is InChI=1S/3C18H33P.Pd/c3*1-4-10-16(11-5-1)19(17-12-6-2-7-13-17)18-14-8-3-9-15-18;/h3*16-18H,1-15H2;/q;;;-3/p+3. The van der Waals surface area contributed by atoms with E-state index in [-0.39, 0.29) is 0 Å². The molecule has 0 bridgehead atoms. The molecule has 9 fully saturated rings. The van der Waals surface area contributed by atoms with Gasteiger partial charge in [-0.15, -0.1) is 0 Å². The molecule has 9 saturated carbocycles. The van der Waals surface area contributed by atoms with E-state index in [0.717, 1.165) is 0 Å². The van der Waals surface area contributed by atoms with Gasteiger partial charge in [0, 0.05) is 0 Å². The van der Waals surface area contributed by atoms with Crippen molar-refractivity contribution in [3.05, 3.63) is 0 Å². The van der Waals surface area contributed by atoms with E-state index in [0.29, 0.717) is 0 Å². The van der Waals surface area contributed by atoms with Crippen molar-refractivity contribution >= 4 is 16.4 Å². The third kappa shape index (κ3) is 8.82. The van der Waals surface area contributed by atoms with Crippen LogP contribution in [-0.4, -0.2) is 50.9 Å². The second-order valence-electron chi connectivity index (χ2n) is 23.6. The molecule has 0 heterocycles. The van der Waals surface area contributed by atoms with Crippen LogP contribution in [-0.2, 0) is 15.3 Å². The minimum atomic E-state index is -1.76. The minimum absolute atomic E-state index is 0.798. The fourth-order valence-corrected chi connectivity index (χ4v) is 146. The molecule has 0 nitrogen and oxygen atoms in total. The summed E-state index contributed by atoms with van der Waals surface area (Å²) in [6.07, 6.45) is 76.8. The number of rotatable bonds is 12. The number of hydrogen-bond acceptors (Lipinski definition) is 0. The molecule has 0 aromatic heterocycles. The molecule has 0 radical (unpaired) electrons. The zero-order valence-electron chi connectivity index (χ0n) is 38.8. The van der Waals surface area contributed by atoms with E-state index >= 15 is 0 Å². The van der Waals surface area contributed by atoms with Gasteiger partial charge < -0.3 is 0 Å². The molecule has 0 aromatic rings. The van der Waals surface area contributed by atoms with E-state index in [4.69, 9.17) is 0 Å². The van der Waals surface area contributed by atoms with Crippen LogP contribution >= 0.6 is 16.4 Å². The summed E-state index contributed by atoms with van der Waals surface area (Å²) in [5.74, 6) is 0. The first-order chi connectivity index (χ1) is 28.8. The zero-order valence-corrected chi connectivity index (χ0v) is 43.4. The van der Waals surface area contributed by atoms with Crippen molar-refractivity contribution in [2.24, 2.45) is 0 Å². The molecule has 0 N–H and O–H groups in total. The summed E-state index contributed by atoms with van der Waals surface area (Å²) in [6, 6.07) is 0. The molecule has 343 valence electrons. The monoisotopic (exact) mass is 950 g/mol. The summed E-state index contributed by atoms with van der Waals surface area (Å²) in [5.41, 5.74) is 6.47. The van der Waals surface area contributed by atoms with E-state index in [1.165, 1.54) is 50.9 Å². The van der Waals surface area contributed by atoms with Crippen LogP contribution in [0.25, 0.3) is 0 Å². The molecule has 0 aliphatic heterocycles. The van der Waals surface area contributed by atoms with Gasteiger partial charge >= 0.3 is 371 Å². The molecule has 0 amide bonds. The van der Waals surface area contributed by atoms with E-state index in [1.807, 2.05) is 0 Å². The van der Waals surface area contributed by atoms with Crippen molar-refractivity contribution in [3.8, 4) is 0 Å². The Kier molecular flexibility index (Phi) is 17.1. The maximum absolute atomic E-state index is 1.78. The van der Waals surface area contributed by atoms with Gasteiger partial charge in [0.2, 0.25) is 0 Å². The van der Waals surface area contributed by atoms with E-state index < -0.39 is 31.6 Å². The topological polar surface area (TPSA) is 0 Å². The summed E-state index contributed by atoms with van der Waals surface area (Å²) in [5, 5.41) is 0. The molecule has 0 saturated heterocycles. The Hall–Kier alpha value is 1.95. The fraction of sp³-hybridized carbons (Fsp3) is 1.00. The van der Waals surface area contributed by atoms with Crippen molar-refractivity contribution < 1.29 is 15.3 Å². The Labute approximate surface area is 369 Å². The van der Waals surface area contributed by atoms with Gasteiger partial charge in [0.15, 0.2) is 0 Å². The van der Waals surface area contributed by atoms with Gasteiger partial charge in [-0.3, -0.25) is 0 Å². The molecule has 0 atom stereocenters. The van der Waals surface area contributed by atoms with Crippen molar-refractivity contribution in [2.45, 2.75) is 340 Å². The molecule has 9 aliphatic rings. The Morgan fingerprint density at radius 2 is 0.259 bits per heavy atom. The van der Waals surface area contributed by atoms with E-state index in [2.05, 4.69) is 0 Å². The summed E-state index contributed by atoms with van der Waals surface area (Å²) < 4.78 is 0. The van der Waals surface area contributed by atoms with Gasteiger partial charge in [-0.05, 0) is 0 Å². The quantitative estimate of drug-likeness (QED) is 0.135. The Morgan fingerprint density at radius 3 is 0.362 bits per heavy atom. The molecule has 0 aromatic carbocycles. The van der Waals surface area contributed by atoms with Crippen LogP contribution in [0.15, 0.2) is 0 Å². The first-order valence-corrected chi connectivity index (χ1v) is 41.6. The Bertz CT molecular complexity index is 896. The molecule has 0 spiro atoms. The van der Waals surface area contributed by atoms with E-state index in [1.54, 1.807) is 289 Å². The van der Waals surface area contributed by atoms with Crippen molar-refractivity contribution in [3.63, 3.8) is 0 Å². The van der Waals surface area contributed by atoms with Crippen LogP contribution in [0.4, 0.5) is 0 Å². The van der Waals surface area contributed by atoms with Crippen LogP contribution in [0.2, 0.25) is 0 Å². The van der Waals surface area contributed by atoms with Gasteiger partial charge in [0.25, 0.3) is 0 Å². The van der Waals surface area contributed by atoms with Crippen LogP contribution < -0.4 is 0 Å². The van der Waals surface area contributed by atoms with Crippen molar-refractivity contribution in [2.75, 3.05) is 0 Å². The van der Waals surface area contributed by atoms with Crippen LogP contribution in [0.5, 0.6) is 0 Å². The number of hydrogen-bond donors (Lipinski definition) is 0. The second kappa shape index (κ2) is 22.0. The average molecular weight is 951 g/mol. The Morgan fingerprint density at radius 1 is 0.155 bits per heavy atom. The van der Waals surface area contributed by atoms with Crippen molar-refractivity contribution in [1.82, 2.24) is 0 Å². The van der Waals surface area contributed by atoms with Gasteiger partial charge in [0.1, 0.15) is 0 Å². The molecule has 9 rings (SSSR count). The fourth-order valence-electron chi connectivity index (χ4n) is 18.6. The third-order valence-corrected chi connectivity index (χ3v) is 96.7. The predicted octanol–water partition coefficient (Wildman–Crippen LogP) is 18.6. The van der Waals surface area contributed by atoms with E-state index in [9.17, 15) is 0 Å². The van der Waals surface area contributed by atoms with Gasteiger partial charge in [-0.25, -0.2) is 0 Å². The molecule has 9 aliphatic carbocycles. The normalized spacial score (nSPS) is 30.9. The third-order valence-electron chi connectivity index (χ3n) is 20.7. The van der Waals surface area contributed by atoms with Crippen LogP contribution in [0.3, 0.4) is 0 Å². The predicted molar refractivity (Wildman–Crippen MR) is 267 cm³/mol. The molecular formula is C54H102P3Pd. The van der Waals surface area contributed by atoms with Gasteiger partial charge in [-0.1, -0.05) is 0 Å². The zero-order chi connectivity index (χ0) is 39.1. The molecule has 0 unspecified atom stereocenters. The summed E-state index contributed by atoms with van der Waals surface area (Å²) in [4.78, 5) is 0. The first kappa shape index (κ1) is 45.1. The molecular weight excluding hydrogens is 848 g/mol. The SMILES string of the molecule is C1CCC([PH](C2CCCCC2)(C2CCCCC2)[Pd]([PH](C2CCCCC2)(C2CCCCC2)C2CCCCC2)[PH](C2CCCCC2)(C2CCCCC2)C2CCCCC2)CC1. The Balaban J connectivity index is 1.43. The van der Waals surface area contributed by atoms with Crippen LogP contribution in [0, 0.1) is 0 Å². The second-order valence-corrected chi connectivity index (χ2v) is 60.1. The summed E-state index contributed by atoms with van der Waals surface area (Å²) in [7, 11) is 0. The molecule has 4 heteroatoms. The summed E-state index contributed by atoms with van der Waals surface area (Å²) >= 11 is -0.798.